The Morgan fingerprint density at radius 1 is 1.26 bits per heavy atom. The molecule has 1 aromatic carbocycles. The lowest BCUT2D eigenvalue weighted by atomic mass is 9.93. The fourth-order valence-corrected chi connectivity index (χ4v) is 3.08. The number of hydrogen-bond acceptors (Lipinski definition) is 4. The summed E-state index contributed by atoms with van der Waals surface area (Å²) in [5.74, 6) is 0.508. The molecule has 6 heteroatoms. The predicted octanol–water partition coefficient (Wildman–Crippen LogP) is 0.898. The highest BCUT2D eigenvalue weighted by Crippen LogP contribution is 2.27. The van der Waals surface area contributed by atoms with E-state index in [-0.39, 0.29) is 4.90 Å². The number of sulfonamides is 1. The van der Waals surface area contributed by atoms with Crippen molar-refractivity contribution in [2.45, 2.75) is 30.7 Å². The summed E-state index contributed by atoms with van der Waals surface area (Å²) in [6.45, 7) is 3.80. The van der Waals surface area contributed by atoms with Gasteiger partial charge in [0.2, 0.25) is 10.0 Å². The van der Waals surface area contributed by atoms with Crippen molar-refractivity contribution in [2.24, 2.45) is 16.8 Å². The van der Waals surface area contributed by atoms with Gasteiger partial charge in [-0.25, -0.2) is 13.6 Å². The van der Waals surface area contributed by atoms with Crippen LogP contribution in [0.15, 0.2) is 29.2 Å². The van der Waals surface area contributed by atoms with E-state index in [1.807, 2.05) is 12.1 Å². The van der Waals surface area contributed by atoms with E-state index in [1.165, 1.54) is 0 Å². The Morgan fingerprint density at radius 3 is 2.42 bits per heavy atom. The average molecular weight is 283 g/mol. The maximum atomic E-state index is 11.2. The molecule has 1 aliphatic heterocycles. The molecule has 5 nitrogen and oxygen atoms in total. The smallest absolute Gasteiger partial charge is 0.238 e. The Bertz CT molecular complexity index is 527. The molecule has 2 unspecified atom stereocenters. The minimum atomic E-state index is -3.62. The molecule has 0 amide bonds. The first kappa shape index (κ1) is 14.3. The first-order valence-corrected chi connectivity index (χ1v) is 8.06. The zero-order valence-corrected chi connectivity index (χ0v) is 11.9. The summed E-state index contributed by atoms with van der Waals surface area (Å²) in [7, 11) is -3.62. The van der Waals surface area contributed by atoms with Crippen LogP contribution in [-0.2, 0) is 10.0 Å². The lowest BCUT2D eigenvalue weighted by Crippen LogP contribution is -2.43. The quantitative estimate of drug-likeness (QED) is 0.862. The van der Waals surface area contributed by atoms with Crippen molar-refractivity contribution in [1.82, 2.24) is 0 Å². The zero-order valence-electron chi connectivity index (χ0n) is 11.1. The van der Waals surface area contributed by atoms with E-state index in [2.05, 4.69) is 11.8 Å². The van der Waals surface area contributed by atoms with Crippen LogP contribution in [0.25, 0.3) is 0 Å². The Morgan fingerprint density at radius 2 is 1.89 bits per heavy atom. The third kappa shape index (κ3) is 3.26. The average Bonchev–Trinajstić information content (AvgIpc) is 2.38. The number of anilines is 1. The first-order chi connectivity index (χ1) is 8.91. The molecule has 1 heterocycles. The van der Waals surface area contributed by atoms with Crippen molar-refractivity contribution in [3.8, 4) is 0 Å². The lowest BCUT2D eigenvalue weighted by molar-refractivity contribution is 0.374. The van der Waals surface area contributed by atoms with Crippen LogP contribution in [-0.4, -0.2) is 27.5 Å². The molecule has 0 spiro atoms. The molecular weight excluding hydrogens is 262 g/mol. The number of nitrogens with two attached hydrogens (primary N) is 2. The largest absolute Gasteiger partial charge is 0.369 e. The van der Waals surface area contributed by atoms with Crippen molar-refractivity contribution in [2.75, 3.05) is 18.0 Å². The van der Waals surface area contributed by atoms with E-state index in [4.69, 9.17) is 10.9 Å². The van der Waals surface area contributed by atoms with E-state index in [1.54, 1.807) is 12.1 Å². The van der Waals surface area contributed by atoms with Gasteiger partial charge in [0.1, 0.15) is 0 Å². The van der Waals surface area contributed by atoms with Gasteiger partial charge in [-0.15, -0.1) is 0 Å². The third-order valence-corrected chi connectivity index (χ3v) is 4.74. The van der Waals surface area contributed by atoms with Gasteiger partial charge in [0.05, 0.1) is 4.90 Å². The third-order valence-electron chi connectivity index (χ3n) is 3.81. The van der Waals surface area contributed by atoms with Crippen LogP contribution in [0.2, 0.25) is 0 Å². The van der Waals surface area contributed by atoms with Gasteiger partial charge in [-0.1, -0.05) is 0 Å². The van der Waals surface area contributed by atoms with Gasteiger partial charge in [-0.2, -0.15) is 0 Å². The highest BCUT2D eigenvalue weighted by Gasteiger charge is 2.24. The molecule has 2 atom stereocenters. The van der Waals surface area contributed by atoms with E-state index in [0.29, 0.717) is 18.5 Å². The number of rotatable bonds is 3. The molecule has 19 heavy (non-hydrogen) atoms. The Hall–Kier alpha value is -1.11. The summed E-state index contributed by atoms with van der Waals surface area (Å²) in [4.78, 5) is 2.43. The fraction of sp³-hybridized carbons (Fsp3) is 0.538. The standard InChI is InChI=1S/C13H21N3O2S/c1-10-2-3-11(8-14)9-16(10)12-4-6-13(7-5-12)19(15,17)18/h4-7,10-11H,2-3,8-9,14H2,1H3,(H2,15,17,18). The summed E-state index contributed by atoms with van der Waals surface area (Å²) in [6, 6.07) is 7.19. The number of hydrogen-bond donors (Lipinski definition) is 2. The number of nitrogens with zero attached hydrogens (tertiary/aromatic N) is 1. The normalized spacial score (nSPS) is 24.5. The van der Waals surface area contributed by atoms with Crippen LogP contribution in [0.1, 0.15) is 19.8 Å². The zero-order chi connectivity index (χ0) is 14.0. The summed E-state index contributed by atoms with van der Waals surface area (Å²) in [5, 5.41) is 5.10. The minimum absolute atomic E-state index is 0.149. The minimum Gasteiger partial charge on any atom is -0.369 e. The predicted molar refractivity (Wildman–Crippen MR) is 76.4 cm³/mol. The number of piperidine rings is 1. The Balaban J connectivity index is 2.21. The van der Waals surface area contributed by atoms with E-state index in [9.17, 15) is 8.42 Å². The van der Waals surface area contributed by atoms with Crippen LogP contribution in [0.5, 0.6) is 0 Å². The molecule has 0 bridgehead atoms. The SMILES string of the molecule is CC1CCC(CN)CN1c1ccc(S(N)(=O)=O)cc1. The fourth-order valence-electron chi connectivity index (χ4n) is 2.56. The van der Waals surface area contributed by atoms with Gasteiger partial charge in [-0.05, 0) is 56.5 Å². The Kier molecular flexibility index (Phi) is 4.13. The van der Waals surface area contributed by atoms with Crippen LogP contribution in [0.3, 0.4) is 0 Å². The maximum Gasteiger partial charge on any atom is 0.238 e. The van der Waals surface area contributed by atoms with E-state index >= 15 is 0 Å². The molecular formula is C13H21N3O2S. The lowest BCUT2D eigenvalue weighted by Gasteiger charge is -2.39. The van der Waals surface area contributed by atoms with Crippen molar-refractivity contribution < 1.29 is 8.42 Å². The summed E-state index contributed by atoms with van der Waals surface area (Å²) < 4.78 is 22.5. The molecule has 1 fully saturated rings. The second-order valence-corrected chi connectivity index (χ2v) is 6.78. The van der Waals surface area contributed by atoms with Crippen molar-refractivity contribution in [3.05, 3.63) is 24.3 Å². The van der Waals surface area contributed by atoms with Gasteiger partial charge >= 0.3 is 0 Å². The summed E-state index contributed by atoms with van der Waals surface area (Å²) in [6.07, 6.45) is 2.27. The first-order valence-electron chi connectivity index (χ1n) is 6.51. The molecule has 106 valence electrons. The summed E-state index contributed by atoms with van der Waals surface area (Å²) >= 11 is 0. The number of benzene rings is 1. The molecule has 0 saturated carbocycles. The maximum absolute atomic E-state index is 11.2. The van der Waals surface area contributed by atoms with Gasteiger partial charge in [-0.3, -0.25) is 0 Å². The molecule has 0 aromatic heterocycles. The van der Waals surface area contributed by atoms with Crippen molar-refractivity contribution in [1.29, 1.82) is 0 Å². The molecule has 0 radical (unpaired) electrons. The number of primary sulfonamides is 1. The second-order valence-electron chi connectivity index (χ2n) is 5.22. The topological polar surface area (TPSA) is 89.4 Å². The van der Waals surface area contributed by atoms with Crippen molar-refractivity contribution in [3.63, 3.8) is 0 Å². The molecule has 4 N–H and O–H groups in total. The molecule has 0 aliphatic carbocycles. The van der Waals surface area contributed by atoms with Crippen LogP contribution in [0.4, 0.5) is 5.69 Å². The molecule has 1 saturated heterocycles. The van der Waals surface area contributed by atoms with E-state index in [0.717, 1.165) is 25.1 Å². The van der Waals surface area contributed by atoms with Gasteiger partial charge in [0, 0.05) is 18.3 Å². The van der Waals surface area contributed by atoms with Gasteiger partial charge < -0.3 is 10.6 Å². The highest BCUT2D eigenvalue weighted by molar-refractivity contribution is 7.89. The second kappa shape index (κ2) is 5.48. The van der Waals surface area contributed by atoms with Crippen LogP contribution >= 0.6 is 0 Å². The van der Waals surface area contributed by atoms with Crippen molar-refractivity contribution >= 4 is 15.7 Å². The van der Waals surface area contributed by atoms with E-state index < -0.39 is 10.0 Å². The summed E-state index contributed by atoms with van der Waals surface area (Å²) in [5.41, 5.74) is 6.77. The Labute approximate surface area is 114 Å². The van der Waals surface area contributed by atoms with Crippen LogP contribution < -0.4 is 15.8 Å². The molecule has 1 aromatic rings. The monoisotopic (exact) mass is 283 g/mol. The molecule has 1 aliphatic rings. The molecule has 2 rings (SSSR count). The van der Waals surface area contributed by atoms with Gasteiger partial charge in [0.25, 0.3) is 0 Å². The highest BCUT2D eigenvalue weighted by atomic mass is 32.2. The van der Waals surface area contributed by atoms with Gasteiger partial charge in [0.15, 0.2) is 0 Å². The van der Waals surface area contributed by atoms with Crippen LogP contribution in [0, 0.1) is 5.92 Å².